The lowest BCUT2D eigenvalue weighted by Gasteiger charge is -2.11. The van der Waals surface area contributed by atoms with Crippen molar-refractivity contribution in [3.63, 3.8) is 0 Å². The van der Waals surface area contributed by atoms with Gasteiger partial charge in [-0.15, -0.1) is 0 Å². The molecule has 0 aliphatic heterocycles. The van der Waals surface area contributed by atoms with Crippen molar-refractivity contribution in [2.75, 3.05) is 11.1 Å². The van der Waals surface area contributed by atoms with Gasteiger partial charge in [-0.25, -0.2) is 14.4 Å². The van der Waals surface area contributed by atoms with Gasteiger partial charge in [0.2, 0.25) is 0 Å². The number of nitrogens with one attached hydrogen (secondary N) is 1. The molecule has 1 aromatic heterocycles. The zero-order valence-electron chi connectivity index (χ0n) is 10.6. The van der Waals surface area contributed by atoms with E-state index in [0.717, 1.165) is 5.39 Å². The van der Waals surface area contributed by atoms with E-state index >= 15 is 0 Å². The highest BCUT2D eigenvalue weighted by molar-refractivity contribution is 6.39. The van der Waals surface area contributed by atoms with E-state index in [9.17, 15) is 4.39 Å². The van der Waals surface area contributed by atoms with Gasteiger partial charge in [-0.2, -0.15) is 0 Å². The van der Waals surface area contributed by atoms with Crippen LogP contribution in [0.15, 0.2) is 36.7 Å². The Morgan fingerprint density at radius 2 is 1.76 bits per heavy atom. The Morgan fingerprint density at radius 1 is 1.05 bits per heavy atom. The third-order valence-electron chi connectivity index (χ3n) is 2.91. The Morgan fingerprint density at radius 3 is 2.48 bits per heavy atom. The number of aromatic nitrogens is 2. The maximum Gasteiger partial charge on any atom is 0.141 e. The fourth-order valence-corrected chi connectivity index (χ4v) is 2.51. The predicted molar refractivity (Wildman–Crippen MR) is 83.7 cm³/mol. The van der Waals surface area contributed by atoms with Crippen LogP contribution in [-0.2, 0) is 0 Å². The van der Waals surface area contributed by atoms with Crippen molar-refractivity contribution in [3.8, 4) is 0 Å². The maximum absolute atomic E-state index is 13.2. The first-order chi connectivity index (χ1) is 10.0. The largest absolute Gasteiger partial charge is 0.399 e. The molecule has 3 rings (SSSR count). The molecule has 0 atom stereocenters. The van der Waals surface area contributed by atoms with Gasteiger partial charge in [-0.3, -0.25) is 0 Å². The molecule has 0 radical (unpaired) electrons. The van der Waals surface area contributed by atoms with Gasteiger partial charge >= 0.3 is 0 Å². The van der Waals surface area contributed by atoms with Crippen LogP contribution in [0.3, 0.4) is 0 Å². The average molecular weight is 323 g/mol. The first kappa shape index (κ1) is 13.9. The average Bonchev–Trinajstić information content (AvgIpc) is 2.42. The van der Waals surface area contributed by atoms with Gasteiger partial charge < -0.3 is 11.1 Å². The molecule has 0 aliphatic rings. The topological polar surface area (TPSA) is 63.8 Å². The molecule has 7 heteroatoms. The standard InChI is InChI=1S/C14H9Cl2FN4/c15-10-3-7(17)4-11(16)13(10)21-14-9-2-1-8(18)5-12(9)19-6-20-14/h1-6H,18H2,(H,19,20,21). The summed E-state index contributed by atoms with van der Waals surface area (Å²) in [5.41, 5.74) is 7.40. The molecule has 106 valence electrons. The van der Waals surface area contributed by atoms with Crippen molar-refractivity contribution in [1.29, 1.82) is 0 Å². The Hall–Kier alpha value is -2.11. The SMILES string of the molecule is Nc1ccc2c(Nc3c(Cl)cc(F)cc3Cl)ncnc2c1. The van der Waals surface area contributed by atoms with Crippen LogP contribution in [0.2, 0.25) is 10.0 Å². The Kier molecular flexibility index (Phi) is 3.53. The second-order valence-electron chi connectivity index (χ2n) is 4.37. The van der Waals surface area contributed by atoms with Crippen molar-refractivity contribution in [2.45, 2.75) is 0 Å². The zero-order chi connectivity index (χ0) is 15.0. The number of nitrogen functional groups attached to an aromatic ring is 1. The molecule has 0 spiro atoms. The zero-order valence-corrected chi connectivity index (χ0v) is 12.1. The first-order valence-electron chi connectivity index (χ1n) is 5.96. The third kappa shape index (κ3) is 2.70. The van der Waals surface area contributed by atoms with E-state index < -0.39 is 5.82 Å². The van der Waals surface area contributed by atoms with Gasteiger partial charge in [0.05, 0.1) is 21.2 Å². The van der Waals surface area contributed by atoms with E-state index in [1.807, 2.05) is 0 Å². The maximum atomic E-state index is 13.2. The quantitative estimate of drug-likeness (QED) is 0.686. The van der Waals surface area contributed by atoms with Crippen molar-refractivity contribution in [3.05, 3.63) is 52.5 Å². The summed E-state index contributed by atoms with van der Waals surface area (Å²) >= 11 is 12.0. The van der Waals surface area contributed by atoms with Crippen LogP contribution >= 0.6 is 23.2 Å². The van der Waals surface area contributed by atoms with Gasteiger partial charge in [-0.05, 0) is 30.3 Å². The molecule has 4 nitrogen and oxygen atoms in total. The van der Waals surface area contributed by atoms with Gasteiger partial charge in [0, 0.05) is 11.1 Å². The number of halogens is 3. The number of benzene rings is 2. The van der Waals surface area contributed by atoms with Gasteiger partial charge in [0.1, 0.15) is 18.0 Å². The van der Waals surface area contributed by atoms with Gasteiger partial charge in [-0.1, -0.05) is 23.2 Å². The van der Waals surface area contributed by atoms with Crippen molar-refractivity contribution >= 4 is 51.3 Å². The summed E-state index contributed by atoms with van der Waals surface area (Å²) in [6, 6.07) is 7.62. The monoisotopic (exact) mass is 322 g/mol. The Labute approximate surface area is 129 Å². The summed E-state index contributed by atoms with van der Waals surface area (Å²) < 4.78 is 13.2. The summed E-state index contributed by atoms with van der Waals surface area (Å²) in [7, 11) is 0. The van der Waals surface area contributed by atoms with Crippen LogP contribution in [0.1, 0.15) is 0 Å². The second kappa shape index (κ2) is 5.35. The number of nitrogens with two attached hydrogens (primary N) is 1. The Bertz CT molecular complexity index is 815. The third-order valence-corrected chi connectivity index (χ3v) is 3.51. The van der Waals surface area contributed by atoms with Crippen LogP contribution in [0.25, 0.3) is 10.9 Å². The molecule has 1 heterocycles. The fourth-order valence-electron chi connectivity index (χ4n) is 1.95. The summed E-state index contributed by atoms with van der Waals surface area (Å²) in [5, 5.41) is 4.10. The lowest BCUT2D eigenvalue weighted by atomic mass is 10.2. The van der Waals surface area contributed by atoms with Gasteiger partial charge in [0.25, 0.3) is 0 Å². The van der Waals surface area contributed by atoms with Crippen LogP contribution in [0.4, 0.5) is 21.6 Å². The molecule has 0 amide bonds. The van der Waals surface area contributed by atoms with E-state index in [4.69, 9.17) is 28.9 Å². The highest BCUT2D eigenvalue weighted by Crippen LogP contribution is 2.34. The number of rotatable bonds is 2. The molecule has 0 saturated carbocycles. The van der Waals surface area contributed by atoms with Crippen LogP contribution < -0.4 is 11.1 Å². The molecule has 3 N–H and O–H groups in total. The number of anilines is 3. The van der Waals surface area contributed by atoms with Gasteiger partial charge in [0.15, 0.2) is 0 Å². The summed E-state index contributed by atoms with van der Waals surface area (Å²) in [5.74, 6) is 0.00581. The molecular formula is C14H9Cl2FN4. The molecule has 0 bridgehead atoms. The lowest BCUT2D eigenvalue weighted by molar-refractivity contribution is 0.628. The number of fused-ring (bicyclic) bond motifs is 1. The molecule has 0 fully saturated rings. The minimum Gasteiger partial charge on any atom is -0.399 e. The van der Waals surface area contributed by atoms with E-state index in [1.54, 1.807) is 18.2 Å². The second-order valence-corrected chi connectivity index (χ2v) is 5.18. The number of nitrogens with zero attached hydrogens (tertiary/aromatic N) is 2. The van der Waals surface area contributed by atoms with Crippen molar-refractivity contribution in [2.24, 2.45) is 0 Å². The minimum atomic E-state index is -0.504. The van der Waals surface area contributed by atoms with E-state index in [-0.39, 0.29) is 10.0 Å². The van der Waals surface area contributed by atoms with Crippen LogP contribution in [-0.4, -0.2) is 9.97 Å². The lowest BCUT2D eigenvalue weighted by Crippen LogP contribution is -1.98. The normalized spacial score (nSPS) is 10.8. The van der Waals surface area contributed by atoms with E-state index in [2.05, 4.69) is 15.3 Å². The summed E-state index contributed by atoms with van der Waals surface area (Å²) in [4.78, 5) is 8.31. The predicted octanol–water partition coefficient (Wildman–Crippen LogP) is 4.40. The highest BCUT2D eigenvalue weighted by atomic mass is 35.5. The minimum absolute atomic E-state index is 0.169. The molecule has 0 unspecified atom stereocenters. The molecule has 2 aromatic carbocycles. The smallest absolute Gasteiger partial charge is 0.141 e. The van der Waals surface area contributed by atoms with E-state index in [0.29, 0.717) is 22.7 Å². The van der Waals surface area contributed by atoms with Crippen LogP contribution in [0.5, 0.6) is 0 Å². The van der Waals surface area contributed by atoms with E-state index in [1.165, 1.54) is 18.5 Å². The number of hydrogen-bond donors (Lipinski definition) is 2. The molecule has 0 saturated heterocycles. The molecule has 3 aromatic rings. The molecule has 0 aliphatic carbocycles. The fraction of sp³-hybridized carbons (Fsp3) is 0. The molecular weight excluding hydrogens is 314 g/mol. The first-order valence-corrected chi connectivity index (χ1v) is 6.72. The van der Waals surface area contributed by atoms with Crippen molar-refractivity contribution in [1.82, 2.24) is 9.97 Å². The van der Waals surface area contributed by atoms with Crippen LogP contribution in [0, 0.1) is 5.82 Å². The highest BCUT2D eigenvalue weighted by Gasteiger charge is 2.11. The van der Waals surface area contributed by atoms with Crippen molar-refractivity contribution < 1.29 is 4.39 Å². The number of hydrogen-bond acceptors (Lipinski definition) is 4. The molecule has 21 heavy (non-hydrogen) atoms. The Balaban J connectivity index is 2.11. The summed E-state index contributed by atoms with van der Waals surface area (Å²) in [6.07, 6.45) is 1.40. The summed E-state index contributed by atoms with van der Waals surface area (Å²) in [6.45, 7) is 0.